The Morgan fingerprint density at radius 3 is 2.56 bits per heavy atom. The number of fused-ring (bicyclic) bond motifs is 1. The molecule has 12 heteroatoms. The smallest absolute Gasteiger partial charge is 0.308 e. The van der Waals surface area contributed by atoms with Gasteiger partial charge < -0.3 is 24.4 Å². The number of hydrogen-bond acceptors (Lipinski definition) is 7. The number of carbonyl (C=O) groups excluding carboxylic acids is 3. The molecule has 0 bridgehead atoms. The van der Waals surface area contributed by atoms with E-state index in [-0.39, 0.29) is 64.4 Å². The number of aryl methyl sites for hydroxylation is 1. The van der Waals surface area contributed by atoms with Crippen LogP contribution >= 0.6 is 11.6 Å². The molecular formula is C31H36ClFN4O6. The highest BCUT2D eigenvalue weighted by molar-refractivity contribution is 6.34. The predicted molar refractivity (Wildman–Crippen MR) is 158 cm³/mol. The van der Waals surface area contributed by atoms with Crippen molar-refractivity contribution in [3.8, 4) is 0 Å². The lowest BCUT2D eigenvalue weighted by atomic mass is 9.87. The zero-order valence-corrected chi connectivity index (χ0v) is 25.2. The average Bonchev–Trinajstić information content (AvgIpc) is 3.59. The summed E-state index contributed by atoms with van der Waals surface area (Å²) in [6.45, 7) is 0.704. The van der Waals surface area contributed by atoms with Crippen LogP contribution in [0.4, 0.5) is 10.1 Å². The summed E-state index contributed by atoms with van der Waals surface area (Å²) in [6.07, 6.45) is 3.16. The van der Waals surface area contributed by atoms with Crippen LogP contribution in [-0.2, 0) is 37.3 Å². The summed E-state index contributed by atoms with van der Waals surface area (Å²) in [4.78, 5) is 39.9. The largest absolute Gasteiger partial charge is 0.469 e. The highest BCUT2D eigenvalue weighted by Crippen LogP contribution is 2.31. The maximum absolute atomic E-state index is 15.2. The number of carbonyl (C=O) groups is 3. The van der Waals surface area contributed by atoms with E-state index in [1.54, 1.807) is 29.8 Å². The Kier molecular flexibility index (Phi) is 9.63. The zero-order valence-electron chi connectivity index (χ0n) is 24.5. The minimum atomic E-state index is -0.656. The molecule has 2 amide bonds. The molecule has 2 aromatic carbocycles. The first-order valence-corrected chi connectivity index (χ1v) is 14.8. The highest BCUT2D eigenvalue weighted by atomic mass is 35.5. The number of halogens is 2. The van der Waals surface area contributed by atoms with E-state index in [0.717, 1.165) is 24.4 Å². The molecule has 0 radical (unpaired) electrons. The van der Waals surface area contributed by atoms with Gasteiger partial charge in [0.15, 0.2) is 5.69 Å². The number of hydrogen-bond donors (Lipinski definition) is 1. The fraction of sp³-hybridized carbons (Fsp3) is 0.484. The molecular weight excluding hydrogens is 579 g/mol. The van der Waals surface area contributed by atoms with Crippen LogP contribution in [0, 0.1) is 11.7 Å². The van der Waals surface area contributed by atoms with Gasteiger partial charge in [0.2, 0.25) is 5.91 Å². The maximum atomic E-state index is 15.2. The Labute approximate surface area is 254 Å². The van der Waals surface area contributed by atoms with Gasteiger partial charge in [-0.1, -0.05) is 29.8 Å². The molecule has 0 spiro atoms. The second-order valence-corrected chi connectivity index (χ2v) is 11.6. The monoisotopic (exact) mass is 614 g/mol. The van der Waals surface area contributed by atoms with Crippen LogP contribution < -0.4 is 5.32 Å². The van der Waals surface area contributed by atoms with Crippen molar-refractivity contribution in [3.05, 3.63) is 58.5 Å². The first-order valence-electron chi connectivity index (χ1n) is 14.4. The molecule has 1 aliphatic carbocycles. The lowest BCUT2D eigenvalue weighted by Crippen LogP contribution is -2.40. The second kappa shape index (κ2) is 13.4. The van der Waals surface area contributed by atoms with Crippen LogP contribution in [0.5, 0.6) is 0 Å². The molecule has 1 N–H and O–H groups in total. The van der Waals surface area contributed by atoms with Crippen LogP contribution in [0.1, 0.15) is 48.2 Å². The quantitative estimate of drug-likeness (QED) is 0.353. The third kappa shape index (κ3) is 6.84. The lowest BCUT2D eigenvalue weighted by molar-refractivity contribution is -0.148. The van der Waals surface area contributed by atoms with Crippen molar-refractivity contribution < 1.29 is 33.0 Å². The minimum Gasteiger partial charge on any atom is -0.469 e. The molecule has 5 rings (SSSR count). The Bertz CT molecular complexity index is 1500. The molecule has 0 unspecified atom stereocenters. The van der Waals surface area contributed by atoms with E-state index in [1.807, 2.05) is 18.2 Å². The Hall–Kier alpha value is -3.54. The molecule has 2 aliphatic rings. The third-order valence-corrected chi connectivity index (χ3v) is 8.77. The number of nitrogens with zero attached hydrogens (tertiary/aromatic N) is 3. The molecule has 1 aromatic heterocycles. The fourth-order valence-electron chi connectivity index (χ4n) is 6.03. The SMILES string of the molecule is COC(=O)[C@H]1CC[C@H](OC[C@@H]2C[C@H](OC)CN2C(=O)Cc2cc(Cl)c(NC(=O)c3nn(C)c4ccccc34)cc2F)CC1. The van der Waals surface area contributed by atoms with Crippen LogP contribution in [0.15, 0.2) is 36.4 Å². The van der Waals surface area contributed by atoms with Gasteiger partial charge >= 0.3 is 5.97 Å². The Balaban J connectivity index is 1.22. The van der Waals surface area contributed by atoms with Crippen molar-refractivity contribution in [2.75, 3.05) is 32.7 Å². The molecule has 3 aromatic rings. The first kappa shape index (κ1) is 30.9. The summed E-state index contributed by atoms with van der Waals surface area (Å²) in [7, 11) is 4.74. The first-order chi connectivity index (χ1) is 20.7. The van der Waals surface area contributed by atoms with Gasteiger partial charge in [0.05, 0.1) is 60.5 Å². The number of anilines is 1. The van der Waals surface area contributed by atoms with E-state index < -0.39 is 11.7 Å². The van der Waals surface area contributed by atoms with Gasteiger partial charge in [-0.05, 0) is 55.9 Å². The number of benzene rings is 2. The average molecular weight is 615 g/mol. The minimum absolute atomic E-state index is 0.00235. The number of amides is 2. The second-order valence-electron chi connectivity index (χ2n) is 11.2. The van der Waals surface area contributed by atoms with Gasteiger partial charge in [-0.25, -0.2) is 4.39 Å². The molecule has 2 fully saturated rings. The number of esters is 1. The van der Waals surface area contributed by atoms with Crippen molar-refractivity contribution in [2.45, 2.75) is 56.8 Å². The van der Waals surface area contributed by atoms with E-state index in [2.05, 4.69) is 10.4 Å². The van der Waals surface area contributed by atoms with Gasteiger partial charge in [0, 0.05) is 26.1 Å². The van der Waals surface area contributed by atoms with Crippen molar-refractivity contribution in [3.63, 3.8) is 0 Å². The van der Waals surface area contributed by atoms with E-state index in [0.29, 0.717) is 37.8 Å². The van der Waals surface area contributed by atoms with Gasteiger partial charge in [-0.15, -0.1) is 0 Å². The van der Waals surface area contributed by atoms with Crippen LogP contribution in [-0.4, -0.2) is 78.1 Å². The number of aromatic nitrogens is 2. The molecule has 1 saturated heterocycles. The molecule has 1 aliphatic heterocycles. The summed E-state index contributed by atoms with van der Waals surface area (Å²) in [5.41, 5.74) is 1.19. The maximum Gasteiger partial charge on any atom is 0.308 e. The lowest BCUT2D eigenvalue weighted by Gasteiger charge is -2.30. The van der Waals surface area contributed by atoms with Crippen LogP contribution in [0.25, 0.3) is 10.9 Å². The molecule has 1 saturated carbocycles. The summed E-state index contributed by atoms with van der Waals surface area (Å²) in [6, 6.07) is 9.57. The summed E-state index contributed by atoms with van der Waals surface area (Å²) in [5.74, 6) is -1.72. The summed E-state index contributed by atoms with van der Waals surface area (Å²) < 4.78 is 33.4. The zero-order chi connectivity index (χ0) is 30.7. The van der Waals surface area contributed by atoms with Crippen molar-refractivity contribution in [1.82, 2.24) is 14.7 Å². The Morgan fingerprint density at radius 2 is 1.84 bits per heavy atom. The van der Waals surface area contributed by atoms with Gasteiger partial charge in [0.1, 0.15) is 5.82 Å². The molecule has 2 heterocycles. The summed E-state index contributed by atoms with van der Waals surface area (Å²) in [5, 5.41) is 7.71. The van der Waals surface area contributed by atoms with Gasteiger partial charge in [-0.2, -0.15) is 5.10 Å². The van der Waals surface area contributed by atoms with Crippen molar-refractivity contribution in [1.29, 1.82) is 0 Å². The molecule has 230 valence electrons. The van der Waals surface area contributed by atoms with Crippen LogP contribution in [0.3, 0.4) is 0 Å². The number of rotatable bonds is 9. The van der Waals surface area contributed by atoms with Gasteiger partial charge in [-0.3, -0.25) is 19.1 Å². The van der Waals surface area contributed by atoms with Gasteiger partial charge in [0.25, 0.3) is 5.91 Å². The van der Waals surface area contributed by atoms with Crippen LogP contribution in [0.2, 0.25) is 5.02 Å². The summed E-state index contributed by atoms with van der Waals surface area (Å²) >= 11 is 6.45. The standard InChI is InChI=1S/C31H36ClFN4O6/c1-36-27-7-5-4-6-23(27)29(35-36)30(39)34-26-15-25(33)19(12-24(26)32)13-28(38)37-16-22(41-2)14-20(37)17-43-21-10-8-18(9-11-21)31(40)42-3/h4-7,12,15,18,20-22H,8-11,13-14,16-17H2,1-3H3,(H,34,39)/t18-,20-,21-,22-/m0/s1. The normalized spacial score (nSPS) is 22.1. The Morgan fingerprint density at radius 1 is 1.09 bits per heavy atom. The highest BCUT2D eigenvalue weighted by Gasteiger charge is 2.37. The number of likely N-dealkylation sites (tertiary alicyclic amines) is 1. The number of ether oxygens (including phenoxy) is 3. The number of para-hydroxylation sites is 1. The van der Waals surface area contributed by atoms with E-state index in [9.17, 15) is 14.4 Å². The number of methoxy groups -OCH3 is 2. The molecule has 10 nitrogen and oxygen atoms in total. The fourth-order valence-corrected chi connectivity index (χ4v) is 6.27. The predicted octanol–water partition coefficient (Wildman–Crippen LogP) is 4.52. The van der Waals surface area contributed by atoms with Crippen molar-refractivity contribution >= 4 is 46.0 Å². The van der Waals surface area contributed by atoms with E-state index >= 15 is 4.39 Å². The molecule has 2 atom stereocenters. The van der Waals surface area contributed by atoms with Crippen molar-refractivity contribution in [2.24, 2.45) is 13.0 Å². The van der Waals surface area contributed by atoms with E-state index in [1.165, 1.54) is 13.2 Å². The topological polar surface area (TPSA) is 112 Å². The number of nitrogens with one attached hydrogen (secondary N) is 1. The third-order valence-electron chi connectivity index (χ3n) is 8.46. The van der Waals surface area contributed by atoms with E-state index in [4.69, 9.17) is 25.8 Å². The molecule has 43 heavy (non-hydrogen) atoms.